The normalized spacial score (nSPS) is 13.8. The third kappa shape index (κ3) is 2.66. The van der Waals surface area contributed by atoms with E-state index in [1.54, 1.807) is 13.8 Å². The zero-order chi connectivity index (χ0) is 13.9. The predicted octanol–water partition coefficient (Wildman–Crippen LogP) is 1.62. The quantitative estimate of drug-likeness (QED) is 0.876. The minimum atomic E-state index is -0.864. The van der Waals surface area contributed by atoms with E-state index in [4.69, 9.17) is 4.42 Å². The van der Waals surface area contributed by atoms with E-state index < -0.39 is 11.4 Å². The van der Waals surface area contributed by atoms with Crippen LogP contribution in [0, 0.1) is 6.92 Å². The third-order valence-electron chi connectivity index (χ3n) is 3.07. The second-order valence-corrected chi connectivity index (χ2v) is 4.58. The van der Waals surface area contributed by atoms with Crippen LogP contribution in [0.5, 0.6) is 0 Å². The number of oxazole rings is 1. The van der Waals surface area contributed by atoms with E-state index in [-0.39, 0.29) is 12.4 Å². The molecule has 0 aliphatic rings. The Morgan fingerprint density at radius 3 is 2.63 bits per heavy atom. The summed E-state index contributed by atoms with van der Waals surface area (Å²) in [4.78, 5) is 16.0. The molecule has 2 N–H and O–H groups in total. The molecule has 1 aromatic carbocycles. The topological polar surface area (TPSA) is 75.4 Å². The lowest BCUT2D eigenvalue weighted by Gasteiger charge is -2.28. The van der Waals surface area contributed by atoms with Crippen molar-refractivity contribution in [2.24, 2.45) is 0 Å². The van der Waals surface area contributed by atoms with E-state index >= 15 is 0 Å². The first-order chi connectivity index (χ1) is 9.07. The fraction of sp³-hybridized carbons (Fsp3) is 0.286. The van der Waals surface area contributed by atoms with Gasteiger partial charge in [0.25, 0.3) is 5.91 Å². The summed E-state index contributed by atoms with van der Waals surface area (Å²) in [6.07, 6.45) is 1.23. The van der Waals surface area contributed by atoms with Crippen molar-refractivity contribution in [3.63, 3.8) is 0 Å². The van der Waals surface area contributed by atoms with Gasteiger partial charge in [-0.25, -0.2) is 4.98 Å². The van der Waals surface area contributed by atoms with Crippen LogP contribution >= 0.6 is 0 Å². The van der Waals surface area contributed by atoms with Crippen LogP contribution in [0.2, 0.25) is 0 Å². The smallest absolute Gasteiger partial charge is 0.289 e. The van der Waals surface area contributed by atoms with Crippen molar-refractivity contribution in [1.29, 1.82) is 0 Å². The van der Waals surface area contributed by atoms with Crippen molar-refractivity contribution < 1.29 is 14.3 Å². The molecular formula is C14H16N2O3. The number of carbonyl (C=O) groups excluding carboxylic acids is 1. The number of nitrogens with zero attached hydrogens (tertiary/aromatic N) is 1. The van der Waals surface area contributed by atoms with Crippen LogP contribution in [0.15, 0.2) is 41.1 Å². The Morgan fingerprint density at radius 1 is 1.42 bits per heavy atom. The van der Waals surface area contributed by atoms with Gasteiger partial charge in [0.15, 0.2) is 6.39 Å². The molecule has 1 aromatic heterocycles. The maximum absolute atomic E-state index is 12.1. The molecule has 2 rings (SSSR count). The van der Waals surface area contributed by atoms with Gasteiger partial charge >= 0.3 is 0 Å². The lowest BCUT2D eigenvalue weighted by atomic mass is 9.93. The highest BCUT2D eigenvalue weighted by Crippen LogP contribution is 2.20. The summed E-state index contributed by atoms with van der Waals surface area (Å²) in [6.45, 7) is 3.24. The zero-order valence-corrected chi connectivity index (χ0v) is 10.9. The largest absolute Gasteiger partial charge is 0.438 e. The third-order valence-corrected chi connectivity index (χ3v) is 3.07. The van der Waals surface area contributed by atoms with Crippen molar-refractivity contribution in [2.45, 2.75) is 19.4 Å². The summed E-state index contributed by atoms with van der Waals surface area (Å²) >= 11 is 0. The van der Waals surface area contributed by atoms with Crippen LogP contribution in [-0.4, -0.2) is 22.6 Å². The molecule has 1 amide bonds. The molecule has 1 heterocycles. The second-order valence-electron chi connectivity index (χ2n) is 4.58. The Balaban J connectivity index is 2.25. The molecule has 0 saturated carbocycles. The number of hydrogen-bond acceptors (Lipinski definition) is 4. The van der Waals surface area contributed by atoms with E-state index in [2.05, 4.69) is 10.3 Å². The number of carbonyl (C=O) groups is 1. The first kappa shape index (κ1) is 13.3. The number of aromatic nitrogens is 1. The number of aryl methyl sites for hydroxylation is 1. The van der Waals surface area contributed by atoms with Gasteiger partial charge in [-0.1, -0.05) is 30.3 Å². The van der Waals surface area contributed by atoms with Crippen molar-refractivity contribution >= 4 is 5.91 Å². The summed E-state index contributed by atoms with van der Waals surface area (Å²) in [5.41, 5.74) is 0.478. The predicted molar refractivity (Wildman–Crippen MR) is 69.6 cm³/mol. The number of amides is 1. The molecule has 0 aliphatic carbocycles. The standard InChI is InChI=1S/C14H16N2O3/c1-10-12(19-9-15-10)13(18)16-14(2,8-17)11-6-4-3-5-7-11/h3-7,9,17H,8H2,1-2H3,(H,16,18). The van der Waals surface area contributed by atoms with Gasteiger partial charge in [-0.15, -0.1) is 0 Å². The molecule has 0 saturated heterocycles. The summed E-state index contributed by atoms with van der Waals surface area (Å²) in [7, 11) is 0. The Hall–Kier alpha value is -2.14. The molecule has 5 heteroatoms. The maximum Gasteiger partial charge on any atom is 0.289 e. The Labute approximate surface area is 111 Å². The molecule has 1 unspecified atom stereocenters. The average molecular weight is 260 g/mol. The molecule has 0 aliphatic heterocycles. The van der Waals surface area contributed by atoms with Crippen LogP contribution < -0.4 is 5.32 Å². The van der Waals surface area contributed by atoms with Crippen LogP contribution in [0.1, 0.15) is 28.7 Å². The summed E-state index contributed by atoms with van der Waals surface area (Å²) in [5, 5.41) is 12.4. The van der Waals surface area contributed by atoms with Crippen molar-refractivity contribution in [2.75, 3.05) is 6.61 Å². The first-order valence-electron chi connectivity index (χ1n) is 5.96. The Bertz CT molecular complexity index is 565. The van der Waals surface area contributed by atoms with Crippen LogP contribution in [0.3, 0.4) is 0 Å². The SMILES string of the molecule is Cc1ncoc1C(=O)NC(C)(CO)c1ccccc1. The van der Waals surface area contributed by atoms with E-state index in [9.17, 15) is 9.90 Å². The number of benzene rings is 1. The molecule has 0 fully saturated rings. The first-order valence-corrected chi connectivity index (χ1v) is 5.96. The minimum absolute atomic E-state index is 0.163. The van der Waals surface area contributed by atoms with Crippen LogP contribution in [0.25, 0.3) is 0 Å². The van der Waals surface area contributed by atoms with Gasteiger partial charge in [0.2, 0.25) is 5.76 Å². The molecular weight excluding hydrogens is 244 g/mol. The van der Waals surface area contributed by atoms with Crippen molar-refractivity contribution in [1.82, 2.24) is 10.3 Å². The number of hydrogen-bond donors (Lipinski definition) is 2. The highest BCUT2D eigenvalue weighted by molar-refractivity contribution is 5.92. The van der Waals surface area contributed by atoms with E-state index in [0.717, 1.165) is 5.56 Å². The minimum Gasteiger partial charge on any atom is -0.438 e. The Kier molecular flexibility index (Phi) is 3.66. The summed E-state index contributed by atoms with van der Waals surface area (Å²) < 4.78 is 5.05. The number of aliphatic hydroxyl groups excluding tert-OH is 1. The molecule has 0 bridgehead atoms. The molecule has 0 radical (unpaired) electrons. The lowest BCUT2D eigenvalue weighted by molar-refractivity contribution is 0.0820. The van der Waals surface area contributed by atoms with Gasteiger partial charge in [-0.3, -0.25) is 4.79 Å². The molecule has 1 atom stereocenters. The summed E-state index contributed by atoms with van der Waals surface area (Å²) in [5.74, 6) is -0.231. The molecule has 100 valence electrons. The fourth-order valence-corrected chi connectivity index (χ4v) is 1.84. The monoisotopic (exact) mass is 260 g/mol. The molecule has 2 aromatic rings. The number of rotatable bonds is 4. The van der Waals surface area contributed by atoms with Gasteiger partial charge in [0.05, 0.1) is 17.8 Å². The highest BCUT2D eigenvalue weighted by Gasteiger charge is 2.29. The van der Waals surface area contributed by atoms with Gasteiger partial charge in [-0.05, 0) is 19.4 Å². The van der Waals surface area contributed by atoms with Crippen LogP contribution in [0.4, 0.5) is 0 Å². The van der Waals surface area contributed by atoms with E-state index in [1.807, 2.05) is 30.3 Å². The summed E-state index contributed by atoms with van der Waals surface area (Å²) in [6, 6.07) is 9.29. The lowest BCUT2D eigenvalue weighted by Crippen LogP contribution is -2.46. The fourth-order valence-electron chi connectivity index (χ4n) is 1.84. The van der Waals surface area contributed by atoms with E-state index in [1.165, 1.54) is 6.39 Å². The molecule has 0 spiro atoms. The molecule has 5 nitrogen and oxygen atoms in total. The van der Waals surface area contributed by atoms with Gasteiger partial charge in [0.1, 0.15) is 0 Å². The average Bonchev–Trinajstić information content (AvgIpc) is 2.86. The van der Waals surface area contributed by atoms with Gasteiger partial charge in [0, 0.05) is 0 Å². The highest BCUT2D eigenvalue weighted by atomic mass is 16.3. The van der Waals surface area contributed by atoms with E-state index in [0.29, 0.717) is 5.69 Å². The maximum atomic E-state index is 12.1. The van der Waals surface area contributed by atoms with Crippen LogP contribution in [-0.2, 0) is 5.54 Å². The number of aliphatic hydroxyl groups is 1. The van der Waals surface area contributed by atoms with Gasteiger partial charge in [-0.2, -0.15) is 0 Å². The van der Waals surface area contributed by atoms with Crippen molar-refractivity contribution in [3.05, 3.63) is 53.7 Å². The molecule has 19 heavy (non-hydrogen) atoms. The Morgan fingerprint density at radius 2 is 2.11 bits per heavy atom. The van der Waals surface area contributed by atoms with Gasteiger partial charge < -0.3 is 14.8 Å². The second kappa shape index (κ2) is 5.24. The zero-order valence-electron chi connectivity index (χ0n) is 10.9. The van der Waals surface area contributed by atoms with Crippen molar-refractivity contribution in [3.8, 4) is 0 Å². The number of nitrogens with one attached hydrogen (secondary N) is 1.